The molecule has 4 rings (SSSR count). The monoisotopic (exact) mass is 362 g/mol. The van der Waals surface area contributed by atoms with Gasteiger partial charge in [-0.25, -0.2) is 0 Å². The molecular formula is C22H22N2O3. The van der Waals surface area contributed by atoms with Crippen molar-refractivity contribution in [2.24, 2.45) is 5.92 Å². The molecule has 2 aromatic carbocycles. The normalized spacial score (nSPS) is 24.0. The Balaban J connectivity index is 1.75. The summed E-state index contributed by atoms with van der Waals surface area (Å²) in [6.45, 7) is -0.151. The van der Waals surface area contributed by atoms with Gasteiger partial charge < -0.3 is 14.7 Å². The molecule has 1 aliphatic heterocycles. The van der Waals surface area contributed by atoms with Gasteiger partial charge in [-0.3, -0.25) is 4.79 Å². The first-order chi connectivity index (χ1) is 13.2. The van der Waals surface area contributed by atoms with E-state index in [1.165, 1.54) is 0 Å². The molecule has 5 nitrogen and oxygen atoms in total. The molecule has 0 spiro atoms. The average molecular weight is 362 g/mol. The van der Waals surface area contributed by atoms with Gasteiger partial charge in [0.25, 0.3) is 0 Å². The Bertz CT molecular complexity index is 900. The Morgan fingerprint density at radius 3 is 2.48 bits per heavy atom. The number of carbonyl (C=O) groups is 1. The number of methoxy groups -OCH3 is 1. The molecule has 0 radical (unpaired) electrons. The van der Waals surface area contributed by atoms with Gasteiger partial charge in [-0.1, -0.05) is 42.5 Å². The highest BCUT2D eigenvalue weighted by molar-refractivity contribution is 5.84. The summed E-state index contributed by atoms with van der Waals surface area (Å²) < 4.78 is 5.51. The van der Waals surface area contributed by atoms with E-state index in [0.717, 1.165) is 35.3 Å². The smallest absolute Gasteiger partial charge is 0.227 e. The summed E-state index contributed by atoms with van der Waals surface area (Å²) in [6, 6.07) is 17.0. The molecule has 27 heavy (non-hydrogen) atoms. The van der Waals surface area contributed by atoms with Gasteiger partial charge in [0.1, 0.15) is 11.8 Å². The fraction of sp³-hybridized carbons (Fsp3) is 0.364. The fourth-order valence-corrected chi connectivity index (χ4v) is 4.12. The molecule has 2 aromatic rings. The summed E-state index contributed by atoms with van der Waals surface area (Å²) >= 11 is 0. The molecule has 138 valence electrons. The highest BCUT2D eigenvalue weighted by Gasteiger charge is 2.54. The van der Waals surface area contributed by atoms with Crippen molar-refractivity contribution < 1.29 is 14.6 Å². The number of nitrogens with zero attached hydrogens (tertiary/aromatic N) is 2. The van der Waals surface area contributed by atoms with E-state index in [1.54, 1.807) is 12.0 Å². The van der Waals surface area contributed by atoms with Gasteiger partial charge in [0.15, 0.2) is 0 Å². The van der Waals surface area contributed by atoms with Crippen molar-refractivity contribution in [1.82, 2.24) is 4.90 Å². The standard InChI is InChI=1S/C22H22N2O3/c1-27-20-9-5-4-7-16(20)15-6-2-3-8-17(15)21-18(12-23)24(19(21)13-25)22(26)14-10-11-14/h2-9,14,18-19,21,25H,10-11,13H2,1H3/t18-,19+,21+/m1/s1. The van der Waals surface area contributed by atoms with E-state index in [-0.39, 0.29) is 30.4 Å². The molecule has 1 saturated heterocycles. The van der Waals surface area contributed by atoms with Crippen LogP contribution in [0.4, 0.5) is 0 Å². The molecule has 1 N–H and O–H groups in total. The maximum atomic E-state index is 12.6. The molecule has 1 heterocycles. The minimum absolute atomic E-state index is 0.00613. The van der Waals surface area contributed by atoms with Crippen molar-refractivity contribution in [3.05, 3.63) is 54.1 Å². The maximum Gasteiger partial charge on any atom is 0.227 e. The largest absolute Gasteiger partial charge is 0.496 e. The summed E-state index contributed by atoms with van der Waals surface area (Å²) in [5, 5.41) is 19.8. The van der Waals surface area contributed by atoms with Crippen molar-refractivity contribution in [3.63, 3.8) is 0 Å². The summed E-state index contributed by atoms with van der Waals surface area (Å²) in [5.41, 5.74) is 2.88. The van der Waals surface area contributed by atoms with Gasteiger partial charge in [0, 0.05) is 17.4 Å². The number of rotatable bonds is 5. The second-order valence-corrected chi connectivity index (χ2v) is 7.16. The fourth-order valence-electron chi connectivity index (χ4n) is 4.12. The van der Waals surface area contributed by atoms with E-state index in [0.29, 0.717) is 0 Å². The van der Waals surface area contributed by atoms with E-state index in [2.05, 4.69) is 6.07 Å². The van der Waals surface area contributed by atoms with Gasteiger partial charge in [0.05, 0.1) is 25.8 Å². The Morgan fingerprint density at radius 2 is 1.85 bits per heavy atom. The Labute approximate surface area is 158 Å². The van der Waals surface area contributed by atoms with E-state index in [1.807, 2.05) is 48.5 Å². The van der Waals surface area contributed by atoms with Crippen LogP contribution in [0.25, 0.3) is 11.1 Å². The second kappa shape index (κ2) is 7.05. The molecule has 5 heteroatoms. The number of amides is 1. The van der Waals surface area contributed by atoms with Crippen LogP contribution in [0, 0.1) is 17.2 Å². The third-order valence-electron chi connectivity index (χ3n) is 5.63. The molecule has 0 bridgehead atoms. The molecule has 2 aliphatic rings. The van der Waals surface area contributed by atoms with Crippen LogP contribution in [0.15, 0.2) is 48.5 Å². The zero-order valence-corrected chi connectivity index (χ0v) is 15.2. The lowest BCUT2D eigenvalue weighted by Gasteiger charge is -2.52. The molecule has 3 atom stereocenters. The minimum Gasteiger partial charge on any atom is -0.496 e. The summed E-state index contributed by atoms with van der Waals surface area (Å²) in [4.78, 5) is 14.2. The second-order valence-electron chi connectivity index (χ2n) is 7.16. The molecule has 0 aromatic heterocycles. The molecule has 1 saturated carbocycles. The van der Waals surface area contributed by atoms with E-state index in [4.69, 9.17) is 4.74 Å². The van der Waals surface area contributed by atoms with Crippen LogP contribution in [0.5, 0.6) is 5.75 Å². The topological polar surface area (TPSA) is 73.6 Å². The van der Waals surface area contributed by atoms with Gasteiger partial charge >= 0.3 is 0 Å². The number of aliphatic hydroxyl groups is 1. The van der Waals surface area contributed by atoms with Crippen LogP contribution in [-0.2, 0) is 4.79 Å². The maximum absolute atomic E-state index is 12.6. The summed E-state index contributed by atoms with van der Waals surface area (Å²) in [6.07, 6.45) is 1.77. The molecule has 0 unspecified atom stereocenters. The third-order valence-corrected chi connectivity index (χ3v) is 5.63. The lowest BCUT2D eigenvalue weighted by atomic mass is 9.73. The quantitative estimate of drug-likeness (QED) is 0.887. The van der Waals surface area contributed by atoms with Gasteiger partial charge in [-0.05, 0) is 30.0 Å². The van der Waals surface area contributed by atoms with Gasteiger partial charge in [0.2, 0.25) is 5.91 Å². The SMILES string of the molecule is COc1ccccc1-c1ccccc1[C@H]1[C@@H](C#N)N(C(=O)C2CC2)[C@H]1CO. The molecule has 2 fully saturated rings. The van der Waals surface area contributed by atoms with Crippen molar-refractivity contribution in [3.8, 4) is 22.9 Å². The lowest BCUT2D eigenvalue weighted by Crippen LogP contribution is -2.65. The predicted molar refractivity (Wildman–Crippen MR) is 101 cm³/mol. The highest BCUT2D eigenvalue weighted by atomic mass is 16.5. The van der Waals surface area contributed by atoms with Crippen LogP contribution in [0.2, 0.25) is 0 Å². The number of hydrogen-bond donors (Lipinski definition) is 1. The highest BCUT2D eigenvalue weighted by Crippen LogP contribution is 2.47. The number of ether oxygens (including phenoxy) is 1. The third kappa shape index (κ3) is 2.87. The number of nitriles is 1. The molecule has 1 aliphatic carbocycles. The zero-order valence-electron chi connectivity index (χ0n) is 15.2. The van der Waals surface area contributed by atoms with Crippen LogP contribution >= 0.6 is 0 Å². The number of benzene rings is 2. The number of aliphatic hydroxyl groups excluding tert-OH is 1. The number of para-hydroxylation sites is 1. The van der Waals surface area contributed by atoms with Crippen molar-refractivity contribution in [2.75, 3.05) is 13.7 Å². The van der Waals surface area contributed by atoms with Gasteiger partial charge in [-0.15, -0.1) is 0 Å². The predicted octanol–water partition coefficient (Wildman–Crippen LogP) is 2.95. The van der Waals surface area contributed by atoms with E-state index in [9.17, 15) is 15.2 Å². The van der Waals surface area contributed by atoms with Crippen LogP contribution in [0.1, 0.15) is 24.3 Å². The Kier molecular flexibility index (Phi) is 4.59. The number of hydrogen-bond acceptors (Lipinski definition) is 4. The number of carbonyl (C=O) groups excluding carboxylic acids is 1. The first kappa shape index (κ1) is 17.6. The van der Waals surface area contributed by atoms with Crippen molar-refractivity contribution >= 4 is 5.91 Å². The summed E-state index contributed by atoms with van der Waals surface area (Å²) in [5.74, 6) is 0.569. The van der Waals surface area contributed by atoms with Crippen molar-refractivity contribution in [2.45, 2.75) is 30.8 Å². The lowest BCUT2D eigenvalue weighted by molar-refractivity contribution is -0.148. The minimum atomic E-state index is -0.550. The first-order valence-electron chi connectivity index (χ1n) is 9.26. The van der Waals surface area contributed by atoms with Crippen LogP contribution < -0.4 is 4.74 Å². The van der Waals surface area contributed by atoms with Crippen molar-refractivity contribution in [1.29, 1.82) is 5.26 Å². The van der Waals surface area contributed by atoms with E-state index >= 15 is 0 Å². The van der Waals surface area contributed by atoms with Crippen LogP contribution in [-0.4, -0.2) is 41.7 Å². The first-order valence-corrected chi connectivity index (χ1v) is 9.26. The Morgan fingerprint density at radius 1 is 1.19 bits per heavy atom. The summed E-state index contributed by atoms with van der Waals surface area (Å²) in [7, 11) is 1.63. The number of likely N-dealkylation sites (tertiary alicyclic amines) is 1. The molecule has 1 amide bonds. The van der Waals surface area contributed by atoms with Crippen LogP contribution in [0.3, 0.4) is 0 Å². The van der Waals surface area contributed by atoms with Gasteiger partial charge in [-0.2, -0.15) is 5.26 Å². The average Bonchev–Trinajstić information content (AvgIpc) is 3.53. The zero-order chi connectivity index (χ0) is 19.0. The molecular weight excluding hydrogens is 340 g/mol. The van der Waals surface area contributed by atoms with E-state index < -0.39 is 6.04 Å². The Hall–Kier alpha value is -2.84.